The Morgan fingerprint density at radius 1 is 1.03 bits per heavy atom. The number of sulfonamides is 1. The van der Waals surface area contributed by atoms with Crippen molar-refractivity contribution >= 4 is 33.4 Å². The molecule has 0 spiro atoms. The molecule has 0 fully saturated rings. The third-order valence-corrected chi connectivity index (χ3v) is 6.57. The van der Waals surface area contributed by atoms with E-state index < -0.39 is 27.9 Å². The average molecular weight is 481 g/mol. The topological polar surface area (TPSA) is 130 Å². The van der Waals surface area contributed by atoms with E-state index in [2.05, 4.69) is 20.3 Å². The third kappa shape index (κ3) is 5.90. The number of carbonyl (C=O) groups is 2. The third-order valence-electron chi connectivity index (χ3n) is 5.19. The molecule has 2 aromatic carbocycles. The fourth-order valence-electron chi connectivity index (χ4n) is 3.50. The lowest BCUT2D eigenvalue weighted by Crippen LogP contribution is -2.45. The summed E-state index contributed by atoms with van der Waals surface area (Å²) in [6.07, 6.45) is 2.99. The van der Waals surface area contributed by atoms with E-state index in [1.165, 1.54) is 30.5 Å². The van der Waals surface area contributed by atoms with Crippen molar-refractivity contribution in [3.05, 3.63) is 84.3 Å². The van der Waals surface area contributed by atoms with Crippen LogP contribution < -0.4 is 15.4 Å². The number of amidine groups is 1. The maximum Gasteiger partial charge on any atom is 0.287 e. The number of carbonyl (C=O) groups excluding carboxylic acids is 2. The second-order valence-electron chi connectivity index (χ2n) is 7.75. The first-order valence-corrected chi connectivity index (χ1v) is 12.2. The Morgan fingerprint density at radius 3 is 2.56 bits per heavy atom. The molecule has 0 bridgehead atoms. The van der Waals surface area contributed by atoms with Gasteiger partial charge in [0.1, 0.15) is 11.9 Å². The van der Waals surface area contributed by atoms with Crippen molar-refractivity contribution in [1.29, 1.82) is 0 Å². The molecule has 9 nitrogen and oxygen atoms in total. The number of furan rings is 1. The number of rotatable bonds is 8. The van der Waals surface area contributed by atoms with Crippen molar-refractivity contribution in [2.24, 2.45) is 4.99 Å². The Labute approximate surface area is 197 Å². The molecule has 0 radical (unpaired) electrons. The zero-order valence-electron chi connectivity index (χ0n) is 18.2. The molecule has 3 N–H and O–H groups in total. The molecule has 1 aromatic heterocycles. The van der Waals surface area contributed by atoms with Crippen molar-refractivity contribution in [3.8, 4) is 0 Å². The molecule has 2 heterocycles. The highest BCUT2D eigenvalue weighted by atomic mass is 32.2. The zero-order chi connectivity index (χ0) is 24.0. The van der Waals surface area contributed by atoms with Crippen LogP contribution in [0.5, 0.6) is 0 Å². The first kappa shape index (κ1) is 23.2. The van der Waals surface area contributed by atoms with Crippen LogP contribution >= 0.6 is 0 Å². The van der Waals surface area contributed by atoms with Crippen LogP contribution in [-0.2, 0) is 21.2 Å². The van der Waals surface area contributed by atoms with Gasteiger partial charge in [-0.3, -0.25) is 19.3 Å². The smallest absolute Gasteiger partial charge is 0.287 e. The molecule has 0 saturated carbocycles. The molecule has 1 atom stereocenters. The van der Waals surface area contributed by atoms with Crippen LogP contribution in [0.15, 0.2) is 87.3 Å². The molecule has 34 heavy (non-hydrogen) atoms. The highest BCUT2D eigenvalue weighted by Gasteiger charge is 2.24. The SMILES string of the molecule is O=C(N[C@H](Cc1ccccc1)C(=O)Nc1cccc(S(=O)(=O)NC2=NCCC2)c1)c1ccco1. The lowest BCUT2D eigenvalue weighted by atomic mass is 10.0. The Balaban J connectivity index is 1.51. The number of hydrogen-bond acceptors (Lipinski definition) is 6. The summed E-state index contributed by atoms with van der Waals surface area (Å²) < 4.78 is 33.0. The summed E-state index contributed by atoms with van der Waals surface area (Å²) in [7, 11) is -3.83. The molecule has 3 aromatic rings. The Bertz CT molecular complexity index is 1290. The van der Waals surface area contributed by atoms with Crippen LogP contribution in [0.4, 0.5) is 5.69 Å². The minimum Gasteiger partial charge on any atom is -0.459 e. The van der Waals surface area contributed by atoms with Crippen LogP contribution in [0.2, 0.25) is 0 Å². The number of aliphatic imine (C=N–C) groups is 1. The molecular weight excluding hydrogens is 456 g/mol. The Hall–Kier alpha value is -3.92. The molecule has 10 heteroatoms. The number of nitrogens with zero attached hydrogens (tertiary/aromatic N) is 1. The maximum absolute atomic E-state index is 13.1. The van der Waals surface area contributed by atoms with E-state index in [1.807, 2.05) is 30.3 Å². The van der Waals surface area contributed by atoms with Gasteiger partial charge in [0.2, 0.25) is 5.91 Å². The standard InChI is InChI=1S/C24H24N4O5S/c29-23(20(15-17-7-2-1-3-8-17)27-24(30)21-11-6-14-33-21)26-18-9-4-10-19(16-18)34(31,32)28-22-12-5-13-25-22/h1-4,6-11,14,16,20H,5,12-13,15H2,(H,25,28)(H,26,29)(H,27,30)/t20-/m1/s1. The highest BCUT2D eigenvalue weighted by molar-refractivity contribution is 7.90. The summed E-state index contributed by atoms with van der Waals surface area (Å²) in [5.74, 6) is -0.511. The molecule has 0 saturated heterocycles. The number of amides is 2. The van der Waals surface area contributed by atoms with Gasteiger partial charge in [-0.1, -0.05) is 36.4 Å². The number of hydrogen-bond donors (Lipinski definition) is 3. The summed E-state index contributed by atoms with van der Waals surface area (Å²) in [5.41, 5.74) is 1.13. The van der Waals surface area contributed by atoms with E-state index in [0.717, 1.165) is 12.0 Å². The summed E-state index contributed by atoms with van der Waals surface area (Å²) in [6, 6.07) is 17.3. The summed E-state index contributed by atoms with van der Waals surface area (Å²) >= 11 is 0. The Morgan fingerprint density at radius 2 is 1.85 bits per heavy atom. The molecule has 0 unspecified atom stereocenters. The lowest BCUT2D eigenvalue weighted by Gasteiger charge is -2.18. The van der Waals surface area contributed by atoms with Crippen LogP contribution in [0.1, 0.15) is 29.0 Å². The van der Waals surface area contributed by atoms with E-state index >= 15 is 0 Å². The quantitative estimate of drug-likeness (QED) is 0.456. The second-order valence-corrected chi connectivity index (χ2v) is 9.43. The van der Waals surface area contributed by atoms with Gasteiger partial charge >= 0.3 is 0 Å². The van der Waals surface area contributed by atoms with Crippen LogP contribution in [0.3, 0.4) is 0 Å². The van der Waals surface area contributed by atoms with Crippen molar-refractivity contribution < 1.29 is 22.4 Å². The fraction of sp³-hybridized carbons (Fsp3) is 0.208. The van der Waals surface area contributed by atoms with Gasteiger partial charge in [0, 0.05) is 25.1 Å². The molecule has 1 aliphatic rings. The fourth-order valence-corrected chi connectivity index (χ4v) is 4.64. The van der Waals surface area contributed by atoms with E-state index in [1.54, 1.807) is 12.1 Å². The monoisotopic (exact) mass is 480 g/mol. The summed E-state index contributed by atoms with van der Waals surface area (Å²) in [6.45, 7) is 0.598. The first-order chi connectivity index (χ1) is 16.4. The van der Waals surface area contributed by atoms with Crippen molar-refractivity contribution in [1.82, 2.24) is 10.0 Å². The molecule has 1 aliphatic heterocycles. The number of nitrogens with one attached hydrogen (secondary N) is 3. The molecule has 176 valence electrons. The zero-order valence-corrected chi connectivity index (χ0v) is 19.0. The minimum atomic E-state index is -3.83. The summed E-state index contributed by atoms with van der Waals surface area (Å²) in [4.78, 5) is 29.8. The molecule has 2 amide bonds. The average Bonchev–Trinajstić information content (AvgIpc) is 3.54. The van der Waals surface area contributed by atoms with Crippen molar-refractivity contribution in [3.63, 3.8) is 0 Å². The molecule has 4 rings (SSSR count). The van der Waals surface area contributed by atoms with E-state index in [0.29, 0.717) is 18.8 Å². The van der Waals surface area contributed by atoms with Gasteiger partial charge in [0.15, 0.2) is 5.76 Å². The van der Waals surface area contributed by atoms with Gasteiger partial charge in [0.25, 0.3) is 15.9 Å². The van der Waals surface area contributed by atoms with Crippen LogP contribution in [0, 0.1) is 0 Å². The van der Waals surface area contributed by atoms with Gasteiger partial charge in [-0.05, 0) is 42.3 Å². The number of anilines is 1. The van der Waals surface area contributed by atoms with Crippen LogP contribution in [-0.4, -0.2) is 38.7 Å². The van der Waals surface area contributed by atoms with Gasteiger partial charge in [-0.2, -0.15) is 0 Å². The highest BCUT2D eigenvalue weighted by Crippen LogP contribution is 2.17. The van der Waals surface area contributed by atoms with Gasteiger partial charge < -0.3 is 15.1 Å². The van der Waals surface area contributed by atoms with E-state index in [-0.39, 0.29) is 22.8 Å². The molecule has 0 aliphatic carbocycles. The van der Waals surface area contributed by atoms with Gasteiger partial charge in [-0.15, -0.1) is 0 Å². The minimum absolute atomic E-state index is 0.000805. The maximum atomic E-state index is 13.1. The number of benzene rings is 2. The van der Waals surface area contributed by atoms with E-state index in [4.69, 9.17) is 4.42 Å². The first-order valence-electron chi connectivity index (χ1n) is 10.8. The second kappa shape index (κ2) is 10.3. The molecular formula is C24H24N4O5S. The largest absolute Gasteiger partial charge is 0.459 e. The predicted octanol–water partition coefficient (Wildman–Crippen LogP) is 2.73. The van der Waals surface area contributed by atoms with Gasteiger partial charge in [0.05, 0.1) is 11.2 Å². The van der Waals surface area contributed by atoms with Crippen molar-refractivity contribution in [2.45, 2.75) is 30.2 Å². The summed E-state index contributed by atoms with van der Waals surface area (Å²) in [5, 5.41) is 5.40. The Kier molecular flexibility index (Phi) is 7.07. The van der Waals surface area contributed by atoms with Gasteiger partial charge in [-0.25, -0.2) is 8.42 Å². The lowest BCUT2D eigenvalue weighted by molar-refractivity contribution is -0.118. The van der Waals surface area contributed by atoms with E-state index in [9.17, 15) is 18.0 Å². The van der Waals surface area contributed by atoms with Crippen molar-refractivity contribution in [2.75, 3.05) is 11.9 Å². The van der Waals surface area contributed by atoms with Crippen LogP contribution in [0.25, 0.3) is 0 Å². The predicted molar refractivity (Wildman–Crippen MR) is 127 cm³/mol. The normalized spacial score (nSPS) is 14.2.